The lowest BCUT2D eigenvalue weighted by molar-refractivity contribution is 0.231. The molecule has 0 saturated heterocycles. The molecule has 0 amide bonds. The van der Waals surface area contributed by atoms with E-state index in [-0.39, 0.29) is 12.1 Å². The Kier molecular flexibility index (Phi) is 4.27. The monoisotopic (exact) mass is 260 g/mol. The summed E-state index contributed by atoms with van der Waals surface area (Å²) in [4.78, 5) is 0. The third-order valence-corrected chi connectivity index (χ3v) is 3.71. The molecule has 2 rings (SSSR count). The Morgan fingerprint density at radius 2 is 2.00 bits per heavy atom. The van der Waals surface area contributed by atoms with Crippen LogP contribution in [0.1, 0.15) is 25.8 Å². The number of aromatic nitrogens is 1. The summed E-state index contributed by atoms with van der Waals surface area (Å²) >= 11 is 0. The minimum atomic E-state index is -0.000661. The summed E-state index contributed by atoms with van der Waals surface area (Å²) in [5.41, 5.74) is 2.66. The largest absolute Gasteiger partial charge is 0.396 e. The highest BCUT2D eigenvalue weighted by molar-refractivity contribution is 5.83. The fourth-order valence-electron chi connectivity index (χ4n) is 2.53. The van der Waals surface area contributed by atoms with Gasteiger partial charge in [-0.3, -0.25) is 0 Å². The number of nitrogens with one attached hydrogen (secondary N) is 1. The molecule has 0 saturated carbocycles. The van der Waals surface area contributed by atoms with Crippen molar-refractivity contribution in [2.24, 2.45) is 7.05 Å². The Morgan fingerprint density at radius 1 is 1.26 bits per heavy atom. The van der Waals surface area contributed by atoms with E-state index in [9.17, 15) is 0 Å². The topological polar surface area (TPSA) is 37.2 Å². The van der Waals surface area contributed by atoms with Crippen LogP contribution in [0, 0.1) is 0 Å². The minimum absolute atomic E-state index is 0.000661. The SMILES string of the molecule is Cn1cc(CCNC(C)(C)CCO)c2ccccc21. The number of nitrogens with zero attached hydrogens (tertiary/aromatic N) is 1. The van der Waals surface area contributed by atoms with E-state index in [4.69, 9.17) is 5.11 Å². The predicted molar refractivity (Wildman–Crippen MR) is 80.4 cm³/mol. The standard InChI is InChI=1S/C16H24N2O/c1-16(2,9-11-19)17-10-8-13-12-18(3)15-7-5-4-6-14(13)15/h4-7,12,17,19H,8-11H2,1-3H3. The summed E-state index contributed by atoms with van der Waals surface area (Å²) in [5, 5.41) is 13.9. The second-order valence-corrected chi connectivity index (χ2v) is 5.82. The quantitative estimate of drug-likeness (QED) is 0.837. The molecule has 3 nitrogen and oxygen atoms in total. The van der Waals surface area contributed by atoms with Crippen molar-refractivity contribution in [3.63, 3.8) is 0 Å². The zero-order valence-electron chi connectivity index (χ0n) is 12.1. The number of aliphatic hydroxyl groups is 1. The zero-order valence-corrected chi connectivity index (χ0v) is 12.1. The highest BCUT2D eigenvalue weighted by Gasteiger charge is 2.15. The molecule has 1 heterocycles. The van der Waals surface area contributed by atoms with E-state index in [1.54, 1.807) is 0 Å². The van der Waals surface area contributed by atoms with Crippen molar-refractivity contribution in [3.05, 3.63) is 36.0 Å². The number of aryl methyl sites for hydroxylation is 1. The van der Waals surface area contributed by atoms with Crippen molar-refractivity contribution in [3.8, 4) is 0 Å². The van der Waals surface area contributed by atoms with Gasteiger partial charge in [-0.1, -0.05) is 18.2 Å². The van der Waals surface area contributed by atoms with Crippen LogP contribution in [0.4, 0.5) is 0 Å². The van der Waals surface area contributed by atoms with E-state index in [2.05, 4.69) is 61.2 Å². The summed E-state index contributed by atoms with van der Waals surface area (Å²) in [6.45, 7) is 5.42. The van der Waals surface area contributed by atoms with E-state index in [0.29, 0.717) is 0 Å². The van der Waals surface area contributed by atoms with Gasteiger partial charge in [0.15, 0.2) is 0 Å². The Hall–Kier alpha value is -1.32. The van der Waals surface area contributed by atoms with Crippen molar-refractivity contribution in [2.75, 3.05) is 13.2 Å². The van der Waals surface area contributed by atoms with Gasteiger partial charge in [0.25, 0.3) is 0 Å². The molecule has 0 aliphatic carbocycles. The number of rotatable bonds is 6. The maximum absolute atomic E-state index is 9.02. The first-order valence-corrected chi connectivity index (χ1v) is 6.92. The molecule has 1 aromatic carbocycles. The minimum Gasteiger partial charge on any atom is -0.396 e. The van der Waals surface area contributed by atoms with Gasteiger partial charge in [-0.15, -0.1) is 0 Å². The van der Waals surface area contributed by atoms with E-state index >= 15 is 0 Å². The average molecular weight is 260 g/mol. The molecule has 19 heavy (non-hydrogen) atoms. The van der Waals surface area contributed by atoms with E-state index in [0.717, 1.165) is 19.4 Å². The number of aliphatic hydroxyl groups excluding tert-OH is 1. The van der Waals surface area contributed by atoms with Crippen molar-refractivity contribution in [1.82, 2.24) is 9.88 Å². The summed E-state index contributed by atoms with van der Waals surface area (Å²) in [5.74, 6) is 0. The summed E-state index contributed by atoms with van der Waals surface area (Å²) in [6.07, 6.45) is 4.00. The Morgan fingerprint density at radius 3 is 2.74 bits per heavy atom. The fourth-order valence-corrected chi connectivity index (χ4v) is 2.53. The van der Waals surface area contributed by atoms with Crippen LogP contribution < -0.4 is 5.32 Å². The molecule has 0 spiro atoms. The first kappa shape index (κ1) is 14.1. The van der Waals surface area contributed by atoms with Gasteiger partial charge in [-0.25, -0.2) is 0 Å². The Bertz CT molecular complexity index is 543. The van der Waals surface area contributed by atoms with Gasteiger partial charge in [-0.2, -0.15) is 0 Å². The van der Waals surface area contributed by atoms with Crippen LogP contribution >= 0.6 is 0 Å². The maximum Gasteiger partial charge on any atom is 0.0480 e. The molecule has 0 bridgehead atoms. The number of fused-ring (bicyclic) bond motifs is 1. The van der Waals surface area contributed by atoms with Gasteiger partial charge >= 0.3 is 0 Å². The second-order valence-electron chi connectivity index (χ2n) is 5.82. The summed E-state index contributed by atoms with van der Waals surface area (Å²) in [7, 11) is 2.09. The van der Waals surface area contributed by atoms with Crippen LogP contribution in [-0.2, 0) is 13.5 Å². The Balaban J connectivity index is 2.03. The zero-order chi connectivity index (χ0) is 13.9. The number of benzene rings is 1. The van der Waals surface area contributed by atoms with Crippen molar-refractivity contribution in [2.45, 2.75) is 32.2 Å². The van der Waals surface area contributed by atoms with E-state index < -0.39 is 0 Å². The van der Waals surface area contributed by atoms with Crippen molar-refractivity contribution < 1.29 is 5.11 Å². The molecule has 0 fully saturated rings. The van der Waals surface area contributed by atoms with Crippen molar-refractivity contribution >= 4 is 10.9 Å². The normalized spacial score (nSPS) is 12.2. The molecule has 0 atom stereocenters. The smallest absolute Gasteiger partial charge is 0.0480 e. The lowest BCUT2D eigenvalue weighted by Crippen LogP contribution is -2.41. The van der Waals surface area contributed by atoms with Gasteiger partial charge in [0.05, 0.1) is 0 Å². The number of hydrogen-bond donors (Lipinski definition) is 2. The summed E-state index contributed by atoms with van der Waals surface area (Å²) in [6, 6.07) is 8.51. The first-order valence-electron chi connectivity index (χ1n) is 6.92. The van der Waals surface area contributed by atoms with Gasteiger partial charge in [0.2, 0.25) is 0 Å². The third-order valence-electron chi connectivity index (χ3n) is 3.71. The van der Waals surface area contributed by atoms with Crippen LogP contribution in [0.25, 0.3) is 10.9 Å². The molecular weight excluding hydrogens is 236 g/mol. The molecule has 0 aliphatic rings. The number of para-hydroxylation sites is 1. The highest BCUT2D eigenvalue weighted by atomic mass is 16.3. The Labute approximate surface area is 115 Å². The molecule has 2 N–H and O–H groups in total. The molecule has 0 unspecified atom stereocenters. The maximum atomic E-state index is 9.02. The van der Waals surface area contributed by atoms with Gasteiger partial charge in [-0.05, 0) is 44.9 Å². The molecular formula is C16H24N2O. The van der Waals surface area contributed by atoms with E-state index in [1.165, 1.54) is 16.5 Å². The second kappa shape index (κ2) is 5.76. The number of hydrogen-bond acceptors (Lipinski definition) is 2. The average Bonchev–Trinajstić information content (AvgIpc) is 2.67. The molecule has 2 aromatic rings. The third kappa shape index (κ3) is 3.37. The molecule has 0 radical (unpaired) electrons. The van der Waals surface area contributed by atoms with Gasteiger partial charge in [0, 0.05) is 36.3 Å². The molecule has 0 aliphatic heterocycles. The predicted octanol–water partition coefficient (Wildman–Crippen LogP) is 2.47. The molecule has 104 valence electrons. The molecule has 1 aromatic heterocycles. The lowest BCUT2D eigenvalue weighted by atomic mass is 10.0. The fraction of sp³-hybridized carbons (Fsp3) is 0.500. The highest BCUT2D eigenvalue weighted by Crippen LogP contribution is 2.20. The summed E-state index contributed by atoms with van der Waals surface area (Å²) < 4.78 is 2.18. The van der Waals surface area contributed by atoms with Crippen LogP contribution in [-0.4, -0.2) is 28.4 Å². The van der Waals surface area contributed by atoms with Crippen LogP contribution in [0.5, 0.6) is 0 Å². The van der Waals surface area contributed by atoms with Crippen molar-refractivity contribution in [1.29, 1.82) is 0 Å². The van der Waals surface area contributed by atoms with E-state index in [1.807, 2.05) is 0 Å². The first-order chi connectivity index (χ1) is 9.03. The van der Waals surface area contributed by atoms with Crippen LogP contribution in [0.3, 0.4) is 0 Å². The van der Waals surface area contributed by atoms with Gasteiger partial charge in [0.1, 0.15) is 0 Å². The van der Waals surface area contributed by atoms with Gasteiger partial charge < -0.3 is 15.0 Å². The van der Waals surface area contributed by atoms with Crippen LogP contribution in [0.15, 0.2) is 30.5 Å². The lowest BCUT2D eigenvalue weighted by Gasteiger charge is -2.25. The molecule has 3 heteroatoms. The van der Waals surface area contributed by atoms with Crippen LogP contribution in [0.2, 0.25) is 0 Å².